The van der Waals surface area contributed by atoms with Gasteiger partial charge in [0, 0.05) is 20.2 Å². The van der Waals surface area contributed by atoms with E-state index in [0.717, 1.165) is 4.70 Å². The second kappa shape index (κ2) is 3.22. The standard InChI is InChI=1S/C14H12OS/c1-8-3-5-12-11-6-4-10(15)7-13(11)16-14(12)9(8)2/h3-7,15H,1-2H3. The molecule has 16 heavy (non-hydrogen) atoms. The Morgan fingerprint density at radius 1 is 1.00 bits per heavy atom. The molecule has 80 valence electrons. The highest BCUT2D eigenvalue weighted by Crippen LogP contribution is 2.37. The number of fused-ring (bicyclic) bond motifs is 3. The quantitative estimate of drug-likeness (QED) is 0.605. The van der Waals surface area contributed by atoms with Crippen LogP contribution in [0.3, 0.4) is 0 Å². The highest BCUT2D eigenvalue weighted by atomic mass is 32.1. The van der Waals surface area contributed by atoms with Crippen molar-refractivity contribution in [1.29, 1.82) is 0 Å². The molecular weight excluding hydrogens is 216 g/mol. The molecule has 1 N–H and O–H groups in total. The Morgan fingerprint density at radius 2 is 1.75 bits per heavy atom. The summed E-state index contributed by atoms with van der Waals surface area (Å²) < 4.78 is 2.49. The molecule has 1 nitrogen and oxygen atoms in total. The van der Waals surface area contributed by atoms with Crippen LogP contribution in [0.2, 0.25) is 0 Å². The number of aryl methyl sites for hydroxylation is 2. The summed E-state index contributed by atoms with van der Waals surface area (Å²) in [7, 11) is 0. The Morgan fingerprint density at radius 3 is 2.56 bits per heavy atom. The van der Waals surface area contributed by atoms with Crippen LogP contribution in [0, 0.1) is 13.8 Å². The largest absolute Gasteiger partial charge is 0.508 e. The molecule has 0 aliphatic rings. The van der Waals surface area contributed by atoms with E-state index >= 15 is 0 Å². The topological polar surface area (TPSA) is 20.2 Å². The van der Waals surface area contributed by atoms with Crippen molar-refractivity contribution in [2.75, 3.05) is 0 Å². The average molecular weight is 228 g/mol. The van der Waals surface area contributed by atoms with Crippen LogP contribution in [0.25, 0.3) is 20.2 Å². The number of hydrogen-bond donors (Lipinski definition) is 1. The van der Waals surface area contributed by atoms with Crippen LogP contribution in [0.4, 0.5) is 0 Å². The maximum atomic E-state index is 9.49. The maximum Gasteiger partial charge on any atom is 0.117 e. The van der Waals surface area contributed by atoms with E-state index in [9.17, 15) is 5.11 Å². The van der Waals surface area contributed by atoms with Crippen molar-refractivity contribution in [2.24, 2.45) is 0 Å². The number of phenolic OH excluding ortho intramolecular Hbond substituents is 1. The molecule has 3 rings (SSSR count). The number of hydrogen-bond acceptors (Lipinski definition) is 2. The zero-order chi connectivity index (χ0) is 11.3. The lowest BCUT2D eigenvalue weighted by molar-refractivity contribution is 0.476. The smallest absolute Gasteiger partial charge is 0.117 e. The second-order valence-corrected chi connectivity index (χ2v) is 5.22. The lowest BCUT2D eigenvalue weighted by Crippen LogP contribution is -1.78. The third-order valence-corrected chi connectivity index (χ3v) is 4.43. The first-order chi connectivity index (χ1) is 7.66. The van der Waals surface area contributed by atoms with Gasteiger partial charge < -0.3 is 5.11 Å². The molecule has 0 saturated heterocycles. The third kappa shape index (κ3) is 1.23. The second-order valence-electron chi connectivity index (χ2n) is 4.17. The number of aromatic hydroxyl groups is 1. The molecule has 2 aromatic carbocycles. The Hall–Kier alpha value is -1.54. The van der Waals surface area contributed by atoms with Crippen molar-refractivity contribution >= 4 is 31.5 Å². The predicted molar refractivity (Wildman–Crippen MR) is 70.5 cm³/mol. The normalized spacial score (nSPS) is 11.4. The lowest BCUT2D eigenvalue weighted by Gasteiger charge is -2.00. The fourth-order valence-corrected chi connectivity index (χ4v) is 3.35. The third-order valence-electron chi connectivity index (χ3n) is 3.14. The van der Waals surface area contributed by atoms with E-state index in [-0.39, 0.29) is 0 Å². The minimum absolute atomic E-state index is 0.341. The molecule has 1 aromatic heterocycles. The number of benzene rings is 2. The van der Waals surface area contributed by atoms with Crippen molar-refractivity contribution in [3.05, 3.63) is 41.5 Å². The van der Waals surface area contributed by atoms with Crippen LogP contribution in [0.5, 0.6) is 5.75 Å². The van der Waals surface area contributed by atoms with Gasteiger partial charge in [-0.2, -0.15) is 0 Å². The van der Waals surface area contributed by atoms with E-state index in [2.05, 4.69) is 26.0 Å². The molecule has 0 atom stereocenters. The van der Waals surface area contributed by atoms with Crippen LogP contribution in [-0.2, 0) is 0 Å². The lowest BCUT2D eigenvalue weighted by atomic mass is 10.1. The Labute approximate surface area is 98.0 Å². The van der Waals surface area contributed by atoms with Gasteiger partial charge in [0.15, 0.2) is 0 Å². The van der Waals surface area contributed by atoms with E-state index in [1.54, 1.807) is 17.4 Å². The summed E-state index contributed by atoms with van der Waals surface area (Å²) >= 11 is 1.76. The number of phenols is 1. The molecule has 0 radical (unpaired) electrons. The van der Waals surface area contributed by atoms with Crippen LogP contribution < -0.4 is 0 Å². The minimum atomic E-state index is 0.341. The first kappa shape index (κ1) is 9.67. The van der Waals surface area contributed by atoms with E-state index in [4.69, 9.17) is 0 Å². The number of thiophene rings is 1. The first-order valence-corrected chi connectivity index (χ1v) is 6.10. The van der Waals surface area contributed by atoms with Gasteiger partial charge in [0.2, 0.25) is 0 Å². The van der Waals surface area contributed by atoms with E-state index < -0.39 is 0 Å². The molecule has 2 heteroatoms. The Balaban J connectivity index is 2.55. The van der Waals surface area contributed by atoms with E-state index in [1.165, 1.54) is 26.6 Å². The highest BCUT2D eigenvalue weighted by Gasteiger charge is 2.08. The monoisotopic (exact) mass is 228 g/mol. The summed E-state index contributed by atoms with van der Waals surface area (Å²) in [6.07, 6.45) is 0. The van der Waals surface area contributed by atoms with Gasteiger partial charge in [0.25, 0.3) is 0 Å². The van der Waals surface area contributed by atoms with Crippen molar-refractivity contribution < 1.29 is 5.11 Å². The van der Waals surface area contributed by atoms with Crippen molar-refractivity contribution in [1.82, 2.24) is 0 Å². The molecule has 0 bridgehead atoms. The molecule has 0 aliphatic carbocycles. The molecule has 0 unspecified atom stereocenters. The molecule has 0 amide bonds. The molecule has 0 saturated carbocycles. The fraction of sp³-hybridized carbons (Fsp3) is 0.143. The maximum absolute atomic E-state index is 9.49. The van der Waals surface area contributed by atoms with Gasteiger partial charge >= 0.3 is 0 Å². The first-order valence-electron chi connectivity index (χ1n) is 5.28. The molecule has 0 spiro atoms. The zero-order valence-corrected chi connectivity index (χ0v) is 10.1. The van der Waals surface area contributed by atoms with Crippen LogP contribution in [-0.4, -0.2) is 5.11 Å². The minimum Gasteiger partial charge on any atom is -0.508 e. The predicted octanol–water partition coefficient (Wildman–Crippen LogP) is 4.38. The Kier molecular flexibility index (Phi) is 1.95. The number of rotatable bonds is 0. The molecule has 1 heterocycles. The van der Waals surface area contributed by atoms with Crippen LogP contribution in [0.1, 0.15) is 11.1 Å². The average Bonchev–Trinajstić information content (AvgIpc) is 2.62. The fourth-order valence-electron chi connectivity index (χ4n) is 2.06. The van der Waals surface area contributed by atoms with Gasteiger partial charge in [-0.1, -0.05) is 12.1 Å². The van der Waals surface area contributed by atoms with Gasteiger partial charge in [-0.05, 0) is 43.2 Å². The van der Waals surface area contributed by atoms with Gasteiger partial charge in [0.1, 0.15) is 5.75 Å². The van der Waals surface area contributed by atoms with Crippen LogP contribution in [0.15, 0.2) is 30.3 Å². The van der Waals surface area contributed by atoms with Crippen molar-refractivity contribution in [2.45, 2.75) is 13.8 Å². The molecule has 3 aromatic rings. The zero-order valence-electron chi connectivity index (χ0n) is 9.24. The molecular formula is C14H12OS. The van der Waals surface area contributed by atoms with E-state index in [1.807, 2.05) is 12.1 Å². The van der Waals surface area contributed by atoms with Crippen molar-refractivity contribution in [3.8, 4) is 5.75 Å². The summed E-state index contributed by atoms with van der Waals surface area (Å²) in [5.41, 5.74) is 2.67. The summed E-state index contributed by atoms with van der Waals surface area (Å²) in [5, 5.41) is 12.0. The molecule has 0 fully saturated rings. The van der Waals surface area contributed by atoms with Gasteiger partial charge in [-0.3, -0.25) is 0 Å². The summed E-state index contributed by atoms with van der Waals surface area (Å²) in [6, 6.07) is 9.93. The van der Waals surface area contributed by atoms with Crippen molar-refractivity contribution in [3.63, 3.8) is 0 Å². The van der Waals surface area contributed by atoms with Gasteiger partial charge in [-0.25, -0.2) is 0 Å². The summed E-state index contributed by atoms with van der Waals surface area (Å²) in [4.78, 5) is 0. The van der Waals surface area contributed by atoms with Gasteiger partial charge in [-0.15, -0.1) is 11.3 Å². The van der Waals surface area contributed by atoms with E-state index in [0.29, 0.717) is 5.75 Å². The van der Waals surface area contributed by atoms with Crippen LogP contribution >= 0.6 is 11.3 Å². The molecule has 0 aliphatic heterocycles. The highest BCUT2D eigenvalue weighted by molar-refractivity contribution is 7.26. The SMILES string of the molecule is Cc1ccc2c(sc3cc(O)ccc32)c1C. The summed E-state index contributed by atoms with van der Waals surface area (Å²) in [5.74, 6) is 0.341. The Bertz CT molecular complexity index is 695. The van der Waals surface area contributed by atoms with Gasteiger partial charge in [0.05, 0.1) is 0 Å². The summed E-state index contributed by atoms with van der Waals surface area (Å²) in [6.45, 7) is 4.30.